The van der Waals surface area contributed by atoms with Gasteiger partial charge in [-0.1, -0.05) is 30.3 Å². The van der Waals surface area contributed by atoms with E-state index in [-0.39, 0.29) is 11.8 Å². The van der Waals surface area contributed by atoms with Crippen LogP contribution in [0.5, 0.6) is 0 Å². The van der Waals surface area contributed by atoms with E-state index in [1.807, 2.05) is 29.2 Å². The van der Waals surface area contributed by atoms with E-state index in [0.717, 1.165) is 77.2 Å². The van der Waals surface area contributed by atoms with Crippen LogP contribution in [0.4, 0.5) is 5.69 Å². The molecule has 2 fully saturated rings. The number of hydrogen-bond acceptors (Lipinski definition) is 4. The standard InChI is InChI=1S/C27H36N4O2/c32-26-10-4-6-17-31(26)25-13-11-24(12-14-25)27(33)28-15-5-7-16-29-18-20-30(21-19-29)22-23-8-2-1-3-9-23/h1-3,8-9,11-14H,4-7,10,15-22H2,(H,28,33). The lowest BCUT2D eigenvalue weighted by Crippen LogP contribution is -2.46. The first-order valence-electron chi connectivity index (χ1n) is 12.4. The van der Waals surface area contributed by atoms with Gasteiger partial charge in [0.1, 0.15) is 0 Å². The fourth-order valence-electron chi connectivity index (χ4n) is 4.65. The summed E-state index contributed by atoms with van der Waals surface area (Å²) in [4.78, 5) is 31.4. The molecule has 1 N–H and O–H groups in total. The van der Waals surface area contributed by atoms with Gasteiger partial charge in [-0.2, -0.15) is 0 Å². The van der Waals surface area contributed by atoms with Crippen LogP contribution in [0.3, 0.4) is 0 Å². The highest BCUT2D eigenvalue weighted by molar-refractivity contribution is 5.96. The summed E-state index contributed by atoms with van der Waals surface area (Å²) in [6.07, 6.45) is 4.70. The Hall–Kier alpha value is -2.70. The summed E-state index contributed by atoms with van der Waals surface area (Å²) >= 11 is 0. The minimum atomic E-state index is -0.0407. The lowest BCUT2D eigenvalue weighted by atomic mass is 10.1. The maximum absolute atomic E-state index is 12.4. The molecule has 2 aromatic rings. The number of nitrogens with zero attached hydrogens (tertiary/aromatic N) is 3. The molecule has 0 aliphatic carbocycles. The van der Waals surface area contributed by atoms with E-state index in [9.17, 15) is 9.59 Å². The number of piperazine rings is 1. The zero-order chi connectivity index (χ0) is 22.9. The molecule has 0 saturated carbocycles. The predicted molar refractivity (Wildman–Crippen MR) is 132 cm³/mol. The van der Waals surface area contributed by atoms with Crippen LogP contribution >= 0.6 is 0 Å². The van der Waals surface area contributed by atoms with Crippen LogP contribution in [-0.2, 0) is 11.3 Å². The molecular weight excluding hydrogens is 412 g/mol. The second-order valence-corrected chi connectivity index (χ2v) is 9.12. The zero-order valence-corrected chi connectivity index (χ0v) is 19.5. The smallest absolute Gasteiger partial charge is 0.251 e. The van der Waals surface area contributed by atoms with Gasteiger partial charge in [0.15, 0.2) is 0 Å². The fourth-order valence-corrected chi connectivity index (χ4v) is 4.65. The molecule has 2 heterocycles. The Balaban J connectivity index is 1.10. The van der Waals surface area contributed by atoms with Crippen molar-refractivity contribution in [3.8, 4) is 0 Å². The molecule has 6 nitrogen and oxygen atoms in total. The summed E-state index contributed by atoms with van der Waals surface area (Å²) in [5.74, 6) is 0.136. The number of rotatable bonds is 9. The van der Waals surface area contributed by atoms with Crippen LogP contribution in [0, 0.1) is 0 Å². The third-order valence-corrected chi connectivity index (χ3v) is 6.67. The summed E-state index contributed by atoms with van der Waals surface area (Å²) in [5, 5.41) is 3.03. The van der Waals surface area contributed by atoms with Crippen molar-refractivity contribution in [3.05, 3.63) is 65.7 Å². The second kappa shape index (κ2) is 12.0. The molecule has 4 rings (SSSR count). The lowest BCUT2D eigenvalue weighted by Gasteiger charge is -2.34. The number of hydrogen-bond donors (Lipinski definition) is 1. The normalized spacial score (nSPS) is 17.8. The molecule has 2 saturated heterocycles. The molecule has 176 valence electrons. The van der Waals surface area contributed by atoms with Crippen LogP contribution in [0.2, 0.25) is 0 Å². The van der Waals surface area contributed by atoms with Crippen molar-refractivity contribution in [1.29, 1.82) is 0 Å². The average molecular weight is 449 g/mol. The number of anilines is 1. The Morgan fingerprint density at radius 2 is 1.55 bits per heavy atom. The Morgan fingerprint density at radius 3 is 2.27 bits per heavy atom. The summed E-state index contributed by atoms with van der Waals surface area (Å²) < 4.78 is 0. The van der Waals surface area contributed by atoms with E-state index < -0.39 is 0 Å². The van der Waals surface area contributed by atoms with E-state index in [0.29, 0.717) is 18.5 Å². The second-order valence-electron chi connectivity index (χ2n) is 9.12. The maximum Gasteiger partial charge on any atom is 0.251 e. The van der Waals surface area contributed by atoms with Crippen molar-refractivity contribution in [2.45, 2.75) is 38.6 Å². The Kier molecular flexibility index (Phi) is 8.50. The highest BCUT2D eigenvalue weighted by atomic mass is 16.2. The molecule has 6 heteroatoms. The van der Waals surface area contributed by atoms with E-state index in [1.54, 1.807) is 0 Å². The number of unbranched alkanes of at least 4 members (excludes halogenated alkanes) is 1. The minimum absolute atomic E-state index is 0.0407. The van der Waals surface area contributed by atoms with Crippen LogP contribution in [-0.4, -0.2) is 67.4 Å². The monoisotopic (exact) mass is 448 g/mol. The molecule has 2 aromatic carbocycles. The first-order valence-corrected chi connectivity index (χ1v) is 12.4. The third-order valence-electron chi connectivity index (χ3n) is 6.67. The molecule has 0 aromatic heterocycles. The predicted octanol–water partition coefficient (Wildman–Crippen LogP) is 3.53. The van der Waals surface area contributed by atoms with Crippen LogP contribution in [0.15, 0.2) is 54.6 Å². The van der Waals surface area contributed by atoms with Crippen molar-refractivity contribution in [2.24, 2.45) is 0 Å². The summed E-state index contributed by atoms with van der Waals surface area (Å²) in [7, 11) is 0. The van der Waals surface area contributed by atoms with Gasteiger partial charge < -0.3 is 15.1 Å². The van der Waals surface area contributed by atoms with Gasteiger partial charge in [0.25, 0.3) is 5.91 Å². The zero-order valence-electron chi connectivity index (χ0n) is 19.5. The molecule has 2 aliphatic rings. The van der Waals surface area contributed by atoms with Gasteiger partial charge >= 0.3 is 0 Å². The topological polar surface area (TPSA) is 55.9 Å². The van der Waals surface area contributed by atoms with E-state index in [1.165, 1.54) is 5.56 Å². The van der Waals surface area contributed by atoms with Crippen LogP contribution < -0.4 is 10.2 Å². The van der Waals surface area contributed by atoms with E-state index >= 15 is 0 Å². The largest absolute Gasteiger partial charge is 0.352 e. The van der Waals surface area contributed by atoms with Gasteiger partial charge in [-0.25, -0.2) is 0 Å². The lowest BCUT2D eigenvalue weighted by molar-refractivity contribution is -0.119. The van der Waals surface area contributed by atoms with Gasteiger partial charge in [-0.15, -0.1) is 0 Å². The third kappa shape index (κ3) is 6.89. The molecule has 0 spiro atoms. The molecule has 0 atom stereocenters. The quantitative estimate of drug-likeness (QED) is 0.597. The number of nitrogens with one attached hydrogen (secondary N) is 1. The Morgan fingerprint density at radius 1 is 0.818 bits per heavy atom. The van der Waals surface area contributed by atoms with Crippen molar-refractivity contribution in [3.63, 3.8) is 0 Å². The first kappa shape index (κ1) is 23.5. The van der Waals surface area contributed by atoms with Crippen molar-refractivity contribution in [2.75, 3.05) is 50.7 Å². The van der Waals surface area contributed by atoms with E-state index in [2.05, 4.69) is 45.4 Å². The fraction of sp³-hybridized carbons (Fsp3) is 0.481. The maximum atomic E-state index is 12.4. The number of amides is 2. The van der Waals surface area contributed by atoms with Gasteiger partial charge in [0, 0.05) is 63.5 Å². The highest BCUT2D eigenvalue weighted by Gasteiger charge is 2.20. The molecule has 0 bridgehead atoms. The van der Waals surface area contributed by atoms with Crippen LogP contribution in [0.25, 0.3) is 0 Å². The molecule has 2 amide bonds. The summed E-state index contributed by atoms with van der Waals surface area (Å²) in [6, 6.07) is 18.1. The number of piperidine rings is 1. The van der Waals surface area contributed by atoms with Gasteiger partial charge in [-0.3, -0.25) is 14.5 Å². The van der Waals surface area contributed by atoms with Crippen molar-refractivity contribution >= 4 is 17.5 Å². The number of carbonyl (C=O) groups is 2. The molecule has 0 radical (unpaired) electrons. The van der Waals surface area contributed by atoms with Gasteiger partial charge in [-0.05, 0) is 62.1 Å². The number of benzene rings is 2. The minimum Gasteiger partial charge on any atom is -0.352 e. The van der Waals surface area contributed by atoms with Gasteiger partial charge in [0.05, 0.1) is 0 Å². The summed E-state index contributed by atoms with van der Waals surface area (Å²) in [6.45, 7) is 8.06. The SMILES string of the molecule is O=C(NCCCCN1CCN(Cc2ccccc2)CC1)c1ccc(N2CCCCC2=O)cc1. The summed E-state index contributed by atoms with van der Waals surface area (Å²) in [5.41, 5.74) is 2.93. The van der Waals surface area contributed by atoms with Gasteiger partial charge in [0.2, 0.25) is 5.91 Å². The Bertz CT molecular complexity index is 892. The average Bonchev–Trinajstić information content (AvgIpc) is 2.86. The Labute approximate surface area is 197 Å². The molecular formula is C27H36N4O2. The van der Waals surface area contributed by atoms with Crippen molar-refractivity contribution < 1.29 is 9.59 Å². The molecule has 2 aliphatic heterocycles. The molecule has 33 heavy (non-hydrogen) atoms. The van der Waals surface area contributed by atoms with Crippen LogP contribution in [0.1, 0.15) is 48.0 Å². The number of carbonyl (C=O) groups excluding carboxylic acids is 2. The van der Waals surface area contributed by atoms with E-state index in [4.69, 9.17) is 0 Å². The first-order chi connectivity index (χ1) is 16.2. The molecule has 0 unspecified atom stereocenters. The van der Waals surface area contributed by atoms with Crippen molar-refractivity contribution in [1.82, 2.24) is 15.1 Å². The highest BCUT2D eigenvalue weighted by Crippen LogP contribution is 2.21.